The van der Waals surface area contributed by atoms with Crippen LogP contribution in [0.25, 0.3) is 0 Å². The average Bonchev–Trinajstić information content (AvgIpc) is 3.78. The van der Waals surface area contributed by atoms with Crippen LogP contribution in [-0.4, -0.2) is 122 Å². The van der Waals surface area contributed by atoms with Crippen molar-refractivity contribution in [1.82, 2.24) is 25.8 Å². The van der Waals surface area contributed by atoms with Gasteiger partial charge in [0.05, 0.1) is 48.7 Å². The van der Waals surface area contributed by atoms with Crippen LogP contribution >= 0.6 is 0 Å². The minimum atomic E-state index is -0.786. The molecule has 0 radical (unpaired) electrons. The fourth-order valence-corrected chi connectivity index (χ4v) is 9.11. The number of nitrogens with zero attached hydrogens (tertiary/aromatic N) is 2. The van der Waals surface area contributed by atoms with Gasteiger partial charge in [0.15, 0.2) is 5.78 Å². The maximum Gasteiger partial charge on any atom is 0.306 e. The van der Waals surface area contributed by atoms with Gasteiger partial charge >= 0.3 is 5.97 Å². The molecular formula is C51H79N5O9. The van der Waals surface area contributed by atoms with Gasteiger partial charge in [0, 0.05) is 46.2 Å². The van der Waals surface area contributed by atoms with Gasteiger partial charge in [-0.3, -0.25) is 28.8 Å². The van der Waals surface area contributed by atoms with Crippen molar-refractivity contribution < 1.29 is 43.0 Å². The molecule has 1 saturated heterocycles. The maximum absolute atomic E-state index is 14.4. The number of hydrogen-bond acceptors (Lipinski definition) is 10. The van der Waals surface area contributed by atoms with Gasteiger partial charge in [-0.2, -0.15) is 0 Å². The molecule has 1 fully saturated rings. The minimum Gasteiger partial charge on any atom is -0.455 e. The lowest BCUT2D eigenvalue weighted by Crippen LogP contribution is -2.59. The summed E-state index contributed by atoms with van der Waals surface area (Å²) in [5.74, 6) is -2.30. The summed E-state index contributed by atoms with van der Waals surface area (Å²) in [6.45, 7) is 15.8. The highest BCUT2D eigenvalue weighted by Crippen LogP contribution is 2.30. The lowest BCUT2D eigenvalue weighted by Gasteiger charge is -2.41. The van der Waals surface area contributed by atoms with Crippen LogP contribution in [-0.2, 0) is 38.2 Å². The molecule has 4 amide bonds. The summed E-state index contributed by atoms with van der Waals surface area (Å²) in [4.78, 5) is 85.2. The number of ether oxygens (including phenoxy) is 3. The lowest BCUT2D eigenvalue weighted by molar-refractivity contribution is -0.152. The van der Waals surface area contributed by atoms with E-state index in [2.05, 4.69) is 16.0 Å². The Morgan fingerprint density at radius 2 is 1.38 bits per heavy atom. The van der Waals surface area contributed by atoms with Crippen molar-refractivity contribution in [2.75, 3.05) is 34.9 Å². The van der Waals surface area contributed by atoms with Gasteiger partial charge in [-0.1, -0.05) is 116 Å². The highest BCUT2D eigenvalue weighted by molar-refractivity contribution is 5.96. The first-order valence-corrected chi connectivity index (χ1v) is 23.6. The number of methoxy groups -OCH3 is 2. The van der Waals surface area contributed by atoms with Gasteiger partial charge in [0.2, 0.25) is 23.6 Å². The number of rotatable bonds is 27. The minimum absolute atomic E-state index is 0.00495. The maximum atomic E-state index is 14.4. The van der Waals surface area contributed by atoms with Crippen molar-refractivity contribution in [2.45, 2.75) is 155 Å². The van der Waals surface area contributed by atoms with Crippen LogP contribution in [0, 0.1) is 23.7 Å². The Bertz CT molecular complexity index is 1810. The number of hydrogen-bond donors (Lipinski definition) is 3. The molecule has 10 atom stereocenters. The molecule has 1 aliphatic heterocycles. The van der Waals surface area contributed by atoms with E-state index in [1.54, 1.807) is 64.1 Å². The number of unbranched alkanes of at least 4 members (excludes halogenated alkanes) is 1. The first-order valence-electron chi connectivity index (χ1n) is 23.6. The molecule has 3 rings (SSSR count). The van der Waals surface area contributed by atoms with Crippen LogP contribution in [0.4, 0.5) is 0 Å². The second-order valence-corrected chi connectivity index (χ2v) is 18.4. The Hall–Kier alpha value is -4.66. The summed E-state index contributed by atoms with van der Waals surface area (Å²) in [5.41, 5.74) is 1.37. The van der Waals surface area contributed by atoms with Gasteiger partial charge in [-0.15, -0.1) is 0 Å². The molecule has 10 unspecified atom stereocenters. The molecule has 0 aliphatic carbocycles. The summed E-state index contributed by atoms with van der Waals surface area (Å²) >= 11 is 0. The van der Waals surface area contributed by atoms with Crippen molar-refractivity contribution >= 4 is 35.4 Å². The third-order valence-electron chi connectivity index (χ3n) is 13.1. The molecular weight excluding hydrogens is 827 g/mol. The average molecular weight is 906 g/mol. The number of carbonyl (C=O) groups excluding carboxylic acids is 6. The zero-order valence-corrected chi connectivity index (χ0v) is 41.1. The van der Waals surface area contributed by atoms with Crippen molar-refractivity contribution in [3.05, 3.63) is 71.8 Å². The first kappa shape index (κ1) is 54.7. The third-order valence-corrected chi connectivity index (χ3v) is 13.1. The molecule has 0 bridgehead atoms. The highest BCUT2D eigenvalue weighted by atomic mass is 16.5. The van der Waals surface area contributed by atoms with E-state index in [0.717, 1.165) is 18.4 Å². The molecule has 1 aliphatic rings. The Morgan fingerprint density at radius 3 is 1.94 bits per heavy atom. The van der Waals surface area contributed by atoms with E-state index in [9.17, 15) is 28.8 Å². The summed E-state index contributed by atoms with van der Waals surface area (Å²) < 4.78 is 18.1. The van der Waals surface area contributed by atoms with E-state index in [4.69, 9.17) is 14.2 Å². The molecule has 3 N–H and O–H groups in total. The van der Waals surface area contributed by atoms with E-state index >= 15 is 0 Å². The van der Waals surface area contributed by atoms with Crippen molar-refractivity contribution in [2.24, 2.45) is 23.7 Å². The molecule has 0 spiro atoms. The monoisotopic (exact) mass is 906 g/mol. The largest absolute Gasteiger partial charge is 0.455 e. The van der Waals surface area contributed by atoms with Crippen LogP contribution < -0.4 is 16.0 Å². The Morgan fingerprint density at radius 1 is 0.785 bits per heavy atom. The predicted octanol–water partition coefficient (Wildman–Crippen LogP) is 6.52. The second kappa shape index (κ2) is 27.1. The number of esters is 1. The normalized spacial score (nSPS) is 18.1. The fourth-order valence-electron chi connectivity index (χ4n) is 9.11. The highest BCUT2D eigenvalue weighted by Gasteiger charge is 2.43. The van der Waals surface area contributed by atoms with E-state index in [0.29, 0.717) is 37.8 Å². The van der Waals surface area contributed by atoms with Gasteiger partial charge in [0.1, 0.15) is 12.1 Å². The summed E-state index contributed by atoms with van der Waals surface area (Å²) in [7, 11) is 6.54. The van der Waals surface area contributed by atoms with Crippen LogP contribution in [0.2, 0.25) is 0 Å². The Labute approximate surface area is 388 Å². The van der Waals surface area contributed by atoms with Gasteiger partial charge in [-0.05, 0) is 63.0 Å². The Balaban J connectivity index is 1.72. The van der Waals surface area contributed by atoms with Crippen molar-refractivity contribution in [3.63, 3.8) is 0 Å². The van der Waals surface area contributed by atoms with Crippen LogP contribution in [0.3, 0.4) is 0 Å². The summed E-state index contributed by atoms with van der Waals surface area (Å²) in [6, 6.07) is 15.6. The van der Waals surface area contributed by atoms with Crippen LogP contribution in [0.5, 0.6) is 0 Å². The quantitative estimate of drug-likeness (QED) is 0.0509. The van der Waals surface area contributed by atoms with Gasteiger partial charge < -0.3 is 40.0 Å². The van der Waals surface area contributed by atoms with Gasteiger partial charge in [-0.25, -0.2) is 0 Å². The second-order valence-electron chi connectivity index (χ2n) is 18.4. The topological polar surface area (TPSA) is 173 Å². The number of carbonyl (C=O) groups is 6. The number of likely N-dealkylation sites (tertiary alicyclic amines) is 1. The first-order chi connectivity index (χ1) is 30.9. The number of Topliss-reactive ketones (excluding diaryl/α,β-unsaturated/α-hetero) is 1. The molecule has 362 valence electrons. The molecule has 14 nitrogen and oxygen atoms in total. The van der Waals surface area contributed by atoms with E-state index < -0.39 is 60.4 Å². The van der Waals surface area contributed by atoms with E-state index in [-0.39, 0.29) is 60.0 Å². The number of likely N-dealkylation sites (N-methyl/N-ethyl adjacent to an activating group) is 2. The zero-order chi connectivity index (χ0) is 48.4. The third kappa shape index (κ3) is 15.5. The molecule has 2 aromatic rings. The standard InChI is InChI=1S/C51H79N5O9/c1-13-34(6)46(55(10)51(62)45(33(4)5)54-50(61)44(52-9)32(2)3)41(63-11)31-42(58)56-30-22-27-39(56)47(64-12)35(7)49(60)53-36(8)48(38-25-18-15-19-26-38)65-43(59)29-21-20-28-40(57)37-23-16-14-17-24-37/h14-19,23-26,32-36,39,41,44-48,52H,13,20-22,27-31H2,1-12H3,(H,53,60)(H,54,61). The molecule has 0 saturated carbocycles. The van der Waals surface area contributed by atoms with Crippen LogP contribution in [0.15, 0.2) is 60.7 Å². The Kier molecular flexibility index (Phi) is 22.8. The molecule has 0 aromatic heterocycles. The molecule has 1 heterocycles. The summed E-state index contributed by atoms with van der Waals surface area (Å²) in [6.07, 6.45) is 1.46. The summed E-state index contributed by atoms with van der Waals surface area (Å²) in [5, 5.41) is 9.12. The predicted molar refractivity (Wildman–Crippen MR) is 253 cm³/mol. The molecule has 65 heavy (non-hydrogen) atoms. The van der Waals surface area contributed by atoms with Crippen molar-refractivity contribution in [3.8, 4) is 0 Å². The lowest BCUT2D eigenvalue weighted by atomic mass is 9.89. The molecule has 2 aromatic carbocycles. The SMILES string of the molecule is CCC(C)C(C(CC(=O)N1CCCC1C(OC)C(C)C(=O)NC(C)C(OC(=O)CCCCC(=O)c1ccccc1)c1ccccc1)OC)N(C)C(=O)C(NC(=O)C(NC)C(C)C)C(C)C. The smallest absolute Gasteiger partial charge is 0.306 e. The number of nitrogens with one attached hydrogen (secondary N) is 3. The van der Waals surface area contributed by atoms with Gasteiger partial charge in [0.25, 0.3) is 0 Å². The number of amides is 4. The van der Waals surface area contributed by atoms with Crippen molar-refractivity contribution in [1.29, 1.82) is 0 Å². The van der Waals surface area contributed by atoms with Crippen LogP contribution in [0.1, 0.15) is 129 Å². The zero-order valence-electron chi connectivity index (χ0n) is 41.1. The van der Waals surface area contributed by atoms with E-state index in [1.165, 1.54) is 0 Å². The number of ketones is 1. The van der Waals surface area contributed by atoms with E-state index in [1.807, 2.05) is 90.1 Å². The number of benzene rings is 2. The fraction of sp³-hybridized carbons (Fsp3) is 0.647. The molecule has 14 heteroatoms.